The van der Waals surface area contributed by atoms with Crippen molar-refractivity contribution in [3.63, 3.8) is 0 Å². The second kappa shape index (κ2) is 4.37. The van der Waals surface area contributed by atoms with Crippen molar-refractivity contribution in [1.29, 1.82) is 0 Å². The van der Waals surface area contributed by atoms with Crippen molar-refractivity contribution < 1.29 is 15.0 Å². The van der Waals surface area contributed by atoms with Crippen LogP contribution in [0.5, 0.6) is 11.5 Å². The van der Waals surface area contributed by atoms with Crippen molar-refractivity contribution in [1.82, 2.24) is 0 Å². The van der Waals surface area contributed by atoms with Crippen LogP contribution in [0.1, 0.15) is 24.2 Å². The van der Waals surface area contributed by atoms with Gasteiger partial charge in [-0.3, -0.25) is 4.79 Å². The molecule has 0 aromatic heterocycles. The molecule has 0 aliphatic heterocycles. The number of hydrogen-bond acceptors (Lipinski definition) is 4. The molecule has 0 radical (unpaired) electrons. The van der Waals surface area contributed by atoms with Crippen LogP contribution >= 0.6 is 11.8 Å². The van der Waals surface area contributed by atoms with E-state index in [1.54, 1.807) is 0 Å². The Morgan fingerprint density at radius 1 is 1.36 bits per heavy atom. The zero-order valence-corrected chi connectivity index (χ0v) is 8.89. The van der Waals surface area contributed by atoms with Crippen LogP contribution in [-0.2, 0) is 0 Å². The molecule has 0 aliphatic carbocycles. The quantitative estimate of drug-likeness (QED) is 0.459. The largest absolute Gasteiger partial charge is 0.507 e. The van der Waals surface area contributed by atoms with E-state index in [2.05, 4.69) is 0 Å². The fourth-order valence-electron chi connectivity index (χ4n) is 1.19. The Kier molecular flexibility index (Phi) is 3.41. The van der Waals surface area contributed by atoms with Crippen molar-refractivity contribution >= 4 is 17.5 Å². The zero-order valence-electron chi connectivity index (χ0n) is 8.07. The van der Waals surface area contributed by atoms with Crippen molar-refractivity contribution in [2.45, 2.75) is 18.7 Å². The van der Waals surface area contributed by atoms with Crippen LogP contribution in [0.4, 0.5) is 0 Å². The number of hydrogen-bond donors (Lipinski definition) is 2. The van der Waals surface area contributed by atoms with E-state index in [-0.39, 0.29) is 22.8 Å². The third-order valence-corrected chi connectivity index (χ3v) is 2.75. The summed E-state index contributed by atoms with van der Waals surface area (Å²) in [5.41, 5.74) is 0.205. The highest BCUT2D eigenvalue weighted by atomic mass is 32.2. The summed E-state index contributed by atoms with van der Waals surface area (Å²) in [6.07, 6.45) is 0. The number of phenols is 2. The molecule has 0 amide bonds. The second-order valence-corrected chi connectivity index (χ2v) is 4.07. The highest BCUT2D eigenvalue weighted by Gasteiger charge is 2.16. The molecule has 0 bridgehead atoms. The van der Waals surface area contributed by atoms with E-state index < -0.39 is 0 Å². The standard InChI is InChI=1S/C10H12O3S/c1-3-14-10-8(13)5-4-7(12)9(10)6(2)11/h4-5,12-13H,3H2,1-2H3. The van der Waals surface area contributed by atoms with Gasteiger partial charge < -0.3 is 10.2 Å². The lowest BCUT2D eigenvalue weighted by atomic mass is 10.1. The summed E-state index contributed by atoms with van der Waals surface area (Å²) < 4.78 is 0. The third kappa shape index (κ3) is 2.01. The lowest BCUT2D eigenvalue weighted by molar-refractivity contribution is 0.101. The van der Waals surface area contributed by atoms with Crippen LogP contribution in [0.2, 0.25) is 0 Å². The topological polar surface area (TPSA) is 57.5 Å². The van der Waals surface area contributed by atoms with Gasteiger partial charge in [0.2, 0.25) is 0 Å². The van der Waals surface area contributed by atoms with Crippen molar-refractivity contribution in [3.8, 4) is 11.5 Å². The second-order valence-electron chi connectivity index (χ2n) is 2.80. The first-order valence-corrected chi connectivity index (χ1v) is 5.25. The van der Waals surface area contributed by atoms with Gasteiger partial charge in [0.25, 0.3) is 0 Å². The van der Waals surface area contributed by atoms with E-state index in [4.69, 9.17) is 0 Å². The molecule has 0 spiro atoms. The molecule has 0 fully saturated rings. The fraction of sp³-hybridized carbons (Fsp3) is 0.300. The van der Waals surface area contributed by atoms with Gasteiger partial charge >= 0.3 is 0 Å². The molecular formula is C10H12O3S. The number of ketones is 1. The molecule has 0 heterocycles. The van der Waals surface area contributed by atoms with Crippen LogP contribution in [-0.4, -0.2) is 21.7 Å². The first kappa shape index (κ1) is 10.9. The van der Waals surface area contributed by atoms with E-state index in [1.165, 1.54) is 30.8 Å². The molecule has 3 nitrogen and oxygen atoms in total. The van der Waals surface area contributed by atoms with Gasteiger partial charge in [-0.05, 0) is 24.8 Å². The first-order valence-electron chi connectivity index (χ1n) is 4.26. The molecule has 0 saturated heterocycles. The molecule has 0 unspecified atom stereocenters. The predicted molar refractivity (Wildman–Crippen MR) is 56.2 cm³/mol. The average molecular weight is 212 g/mol. The number of phenolic OH excluding ortho intramolecular Hbond substituents is 2. The number of benzene rings is 1. The van der Waals surface area contributed by atoms with E-state index in [0.717, 1.165) is 5.75 Å². The minimum Gasteiger partial charge on any atom is -0.507 e. The van der Waals surface area contributed by atoms with Crippen molar-refractivity contribution in [2.75, 3.05) is 5.75 Å². The van der Waals surface area contributed by atoms with Gasteiger partial charge in [0, 0.05) is 0 Å². The maximum absolute atomic E-state index is 11.2. The maximum Gasteiger partial charge on any atom is 0.164 e. The Bertz CT molecular complexity index is 361. The van der Waals surface area contributed by atoms with E-state index >= 15 is 0 Å². The number of thioether (sulfide) groups is 1. The van der Waals surface area contributed by atoms with Crippen molar-refractivity contribution in [2.24, 2.45) is 0 Å². The number of carbonyl (C=O) groups is 1. The van der Waals surface area contributed by atoms with Gasteiger partial charge in [-0.15, -0.1) is 11.8 Å². The minimum atomic E-state index is -0.241. The number of aromatic hydroxyl groups is 2. The van der Waals surface area contributed by atoms with Crippen LogP contribution in [0.15, 0.2) is 17.0 Å². The van der Waals surface area contributed by atoms with E-state index in [9.17, 15) is 15.0 Å². The fourth-order valence-corrected chi connectivity index (χ4v) is 2.09. The normalized spacial score (nSPS) is 10.1. The number of rotatable bonds is 3. The van der Waals surface area contributed by atoms with Crippen LogP contribution in [0.25, 0.3) is 0 Å². The molecule has 1 rings (SSSR count). The van der Waals surface area contributed by atoms with Gasteiger partial charge in [0.1, 0.15) is 11.5 Å². The number of carbonyl (C=O) groups excluding carboxylic acids is 1. The highest BCUT2D eigenvalue weighted by molar-refractivity contribution is 7.99. The monoisotopic (exact) mass is 212 g/mol. The van der Waals surface area contributed by atoms with Crippen molar-refractivity contribution in [3.05, 3.63) is 17.7 Å². The molecule has 0 atom stereocenters. The molecule has 0 saturated carbocycles. The molecule has 4 heteroatoms. The Morgan fingerprint density at radius 3 is 2.43 bits per heavy atom. The Balaban J connectivity index is 3.33. The molecule has 1 aromatic carbocycles. The van der Waals surface area contributed by atoms with Gasteiger partial charge in [-0.25, -0.2) is 0 Å². The molecule has 14 heavy (non-hydrogen) atoms. The first-order chi connectivity index (χ1) is 6.57. The third-order valence-electron chi connectivity index (χ3n) is 1.76. The molecular weight excluding hydrogens is 200 g/mol. The van der Waals surface area contributed by atoms with Gasteiger partial charge in [0.15, 0.2) is 5.78 Å². The highest BCUT2D eigenvalue weighted by Crippen LogP contribution is 2.36. The summed E-state index contributed by atoms with van der Waals surface area (Å²) in [4.78, 5) is 11.7. The SMILES string of the molecule is CCSc1c(O)ccc(O)c1C(C)=O. The molecule has 76 valence electrons. The Hall–Kier alpha value is -1.16. The van der Waals surface area contributed by atoms with E-state index in [0.29, 0.717) is 4.90 Å². The summed E-state index contributed by atoms with van der Waals surface area (Å²) in [5, 5.41) is 19.0. The van der Waals surface area contributed by atoms with Gasteiger partial charge in [-0.1, -0.05) is 6.92 Å². The average Bonchev–Trinajstić information content (AvgIpc) is 2.11. The molecule has 2 N–H and O–H groups in total. The van der Waals surface area contributed by atoms with Crippen LogP contribution < -0.4 is 0 Å². The lowest BCUT2D eigenvalue weighted by Crippen LogP contribution is -1.96. The summed E-state index contributed by atoms with van der Waals surface area (Å²) in [6, 6.07) is 2.71. The zero-order chi connectivity index (χ0) is 10.7. The summed E-state index contributed by atoms with van der Waals surface area (Å²) in [6.45, 7) is 3.28. The maximum atomic E-state index is 11.2. The van der Waals surface area contributed by atoms with Crippen LogP contribution in [0.3, 0.4) is 0 Å². The minimum absolute atomic E-state index is 0.0415. The lowest BCUT2D eigenvalue weighted by Gasteiger charge is -2.09. The Labute approximate surface area is 86.8 Å². The van der Waals surface area contributed by atoms with E-state index in [1.807, 2.05) is 6.92 Å². The van der Waals surface area contributed by atoms with Crippen LogP contribution in [0, 0.1) is 0 Å². The molecule has 0 aliphatic rings. The summed E-state index contributed by atoms with van der Waals surface area (Å²) >= 11 is 1.34. The summed E-state index contributed by atoms with van der Waals surface area (Å²) in [5.74, 6) is 0.456. The Morgan fingerprint density at radius 2 is 1.93 bits per heavy atom. The van der Waals surface area contributed by atoms with Gasteiger partial charge in [0.05, 0.1) is 10.5 Å². The summed E-state index contributed by atoms with van der Waals surface area (Å²) in [7, 11) is 0. The van der Waals surface area contributed by atoms with Gasteiger partial charge in [-0.2, -0.15) is 0 Å². The molecule has 1 aromatic rings. The smallest absolute Gasteiger partial charge is 0.164 e. The predicted octanol–water partition coefficient (Wildman–Crippen LogP) is 2.41. The number of Topliss-reactive ketones (excluding diaryl/α,β-unsaturated/α-hetero) is 1.